The number of hydrogen-bond donors (Lipinski definition) is 2. The van der Waals surface area contributed by atoms with E-state index in [0.29, 0.717) is 22.9 Å². The maximum Gasteiger partial charge on any atom is 0.303 e. The molecule has 8 heteroatoms. The first-order chi connectivity index (χ1) is 43.4. The lowest BCUT2D eigenvalue weighted by atomic mass is 9.69. The third-order valence-electron chi connectivity index (χ3n) is 19.6. The zero-order chi connectivity index (χ0) is 75.7. The van der Waals surface area contributed by atoms with Gasteiger partial charge in [0.15, 0.2) is 0 Å². The van der Waals surface area contributed by atoms with Crippen LogP contribution in [0.2, 0.25) is 0 Å². The van der Waals surface area contributed by atoms with Crippen LogP contribution >= 0.6 is 0 Å². The average Bonchev–Trinajstić information content (AvgIpc) is 2.05. The molecule has 0 atom stereocenters. The zero-order valence-corrected chi connectivity index (χ0v) is 69.7. The van der Waals surface area contributed by atoms with Gasteiger partial charge in [-0.15, -0.1) is 0 Å². The molecule has 2 aliphatic carbocycles. The van der Waals surface area contributed by atoms with E-state index in [2.05, 4.69) is 230 Å². The summed E-state index contributed by atoms with van der Waals surface area (Å²) in [6.45, 7) is 71.8. The molecule has 0 unspecified atom stereocenters. The van der Waals surface area contributed by atoms with E-state index in [9.17, 15) is 9.59 Å². The van der Waals surface area contributed by atoms with Crippen molar-refractivity contribution in [2.24, 2.45) is 27.1 Å². The first kappa shape index (κ1) is 102. The van der Waals surface area contributed by atoms with Crippen molar-refractivity contribution in [3.63, 3.8) is 0 Å². The van der Waals surface area contributed by atoms with Crippen LogP contribution in [0.3, 0.4) is 0 Å². The maximum absolute atomic E-state index is 10.5. The molecule has 0 aromatic heterocycles. The quantitative estimate of drug-likeness (QED) is 0.0962. The monoisotopic (exact) mass is 1330 g/mol. The van der Waals surface area contributed by atoms with Gasteiger partial charge in [0.2, 0.25) is 5.91 Å². The molecule has 3 aromatic carbocycles. The van der Waals surface area contributed by atoms with Gasteiger partial charge in [-0.25, -0.2) is 0 Å². The number of carbonyl (C=O) groups excluding carboxylic acids is 2. The van der Waals surface area contributed by atoms with E-state index in [0.717, 1.165) is 49.4 Å². The normalized spacial score (nSPS) is 13.6. The molecule has 2 aliphatic rings. The minimum atomic E-state index is -0.458. The number of esters is 1. The van der Waals surface area contributed by atoms with Crippen molar-refractivity contribution in [2.75, 3.05) is 7.11 Å². The molecule has 0 saturated heterocycles. The van der Waals surface area contributed by atoms with E-state index in [1.807, 2.05) is 80.5 Å². The van der Waals surface area contributed by atoms with Gasteiger partial charge in [-0.2, -0.15) is 5.26 Å². The second kappa shape index (κ2) is 52.1. The van der Waals surface area contributed by atoms with Crippen molar-refractivity contribution in [3.8, 4) is 6.07 Å². The molecule has 5 rings (SSSR count). The number of amides is 1. The Labute approximate surface area is 593 Å². The lowest BCUT2D eigenvalue weighted by molar-refractivity contribution is -0.153. The van der Waals surface area contributed by atoms with Crippen molar-refractivity contribution in [1.82, 2.24) is 5.32 Å². The van der Waals surface area contributed by atoms with E-state index >= 15 is 0 Å². The van der Waals surface area contributed by atoms with Crippen molar-refractivity contribution in [2.45, 2.75) is 397 Å². The Bertz CT molecular complexity index is 2250. The van der Waals surface area contributed by atoms with Gasteiger partial charge >= 0.3 is 5.97 Å². The number of benzene rings is 3. The SMILES string of the molecule is CCC(C)(C)C#N.CCC(C)(C)Cc1ccccc1.CCC(C)(C)NC(C)=O.CCC(C)(C)O.CCC(C)(C)OC.CCC(C)(C)OC(C)=O.CCC(C)(C)OCc1ccccc1.CCC(C)(C)c1ccccc1.CCC1(C)CC1.CCC1(C)CCC1.CCCC(C)(C)CC. The van der Waals surface area contributed by atoms with Gasteiger partial charge in [-0.05, 0) is 210 Å². The highest BCUT2D eigenvalue weighted by molar-refractivity contribution is 5.73. The van der Waals surface area contributed by atoms with E-state index in [-0.39, 0.29) is 39.6 Å². The zero-order valence-electron chi connectivity index (χ0n) is 69.7. The Balaban J connectivity index is -0.000000231. The summed E-state index contributed by atoms with van der Waals surface area (Å²) in [5.41, 5.74) is 6.24. The summed E-state index contributed by atoms with van der Waals surface area (Å²) in [7, 11) is 1.74. The second-order valence-corrected chi connectivity index (χ2v) is 33.1. The number of nitriles is 1. The summed E-state index contributed by atoms with van der Waals surface area (Å²) in [5.74, 6) is -0.163. The minimum Gasteiger partial charge on any atom is -0.460 e. The highest BCUT2D eigenvalue weighted by Crippen LogP contribution is 2.47. The molecular weight excluding hydrogens is 1170 g/mol. The van der Waals surface area contributed by atoms with E-state index in [1.165, 1.54) is 114 Å². The van der Waals surface area contributed by atoms with E-state index in [4.69, 9.17) is 24.6 Å². The molecule has 0 spiro atoms. The van der Waals surface area contributed by atoms with Crippen LogP contribution in [0.15, 0.2) is 91.0 Å². The molecule has 95 heavy (non-hydrogen) atoms. The van der Waals surface area contributed by atoms with Crippen molar-refractivity contribution >= 4 is 11.9 Å². The summed E-state index contributed by atoms with van der Waals surface area (Å²) in [5, 5.41) is 20.0. The van der Waals surface area contributed by atoms with Crippen molar-refractivity contribution in [3.05, 3.63) is 108 Å². The maximum atomic E-state index is 10.5. The lowest BCUT2D eigenvalue weighted by Gasteiger charge is -2.37. The Morgan fingerprint density at radius 3 is 1.08 bits per heavy atom. The second-order valence-electron chi connectivity index (χ2n) is 33.1. The molecule has 0 aliphatic heterocycles. The molecule has 0 radical (unpaired) electrons. The highest BCUT2D eigenvalue weighted by atomic mass is 16.6. The third kappa shape index (κ3) is 65.7. The fourth-order valence-corrected chi connectivity index (χ4v) is 7.13. The number of aliphatic hydroxyl groups is 1. The van der Waals surface area contributed by atoms with Crippen molar-refractivity contribution in [1.29, 1.82) is 5.26 Å². The van der Waals surface area contributed by atoms with Crippen LogP contribution in [-0.2, 0) is 42.2 Å². The van der Waals surface area contributed by atoms with Crippen LogP contribution in [0.1, 0.15) is 368 Å². The molecule has 0 bridgehead atoms. The standard InChI is InChI=1S/C12H18O.C12H18.C11H16.C8H18.C7H15NO.C7H14O2.C7H14.C6H11N.C6H14O.C6H12.C5H12O/c1-4-12(2,3)13-10-11-8-6-5-7-9-11;1-4-12(2,3)10-11-8-6-5-7-9-11;1-4-11(2,3)10-8-6-5-7-9-10;1-5-7-8(3,4)6-2;1-5-7(3,4)8-6(2)9;1-5-7(3,4)9-6(2)8;1-3-7(2)5-4-6-7;1-4-6(2,3)5-7;1-5-6(2,3)7-4;1-3-6(2)4-5-6;1-4-5(2,3)6/h5-9H,4,10H2,1-3H3;5-9H,4,10H2,1-3H3;5-9H,4H2,1-3H3;5-7H2,1-4H3;5H2,1-4H3,(H,8,9);5H2,1-4H3;3-6H2,1-2H3;4H2,1-3H3;5H2,1-4H3;3-5H2,1-2H3;6H,4H2,1-3H3. The van der Waals surface area contributed by atoms with Crippen LogP contribution in [-0.4, -0.2) is 52.0 Å². The lowest BCUT2D eigenvalue weighted by Crippen LogP contribution is -2.41. The Kier molecular flexibility index (Phi) is 55.9. The summed E-state index contributed by atoms with van der Waals surface area (Å²) in [4.78, 5) is 20.9. The Morgan fingerprint density at radius 2 is 0.895 bits per heavy atom. The molecule has 556 valence electrons. The number of hydrogen-bond acceptors (Lipinski definition) is 7. The molecule has 3 aromatic rings. The smallest absolute Gasteiger partial charge is 0.303 e. The number of ether oxygens (including phenoxy) is 3. The van der Waals surface area contributed by atoms with Gasteiger partial charge in [0.05, 0.1) is 34.9 Å². The molecule has 8 nitrogen and oxygen atoms in total. The first-order valence-electron chi connectivity index (χ1n) is 37.3. The molecule has 1 amide bonds. The van der Waals surface area contributed by atoms with Crippen LogP contribution < -0.4 is 5.32 Å². The fraction of sp³-hybridized carbons (Fsp3) is 0.759. The predicted molar refractivity (Wildman–Crippen MR) is 420 cm³/mol. The fourth-order valence-electron chi connectivity index (χ4n) is 7.13. The van der Waals surface area contributed by atoms with Gasteiger partial charge in [0, 0.05) is 26.5 Å². The van der Waals surface area contributed by atoms with Crippen LogP contribution in [0, 0.1) is 38.4 Å². The van der Waals surface area contributed by atoms with Gasteiger partial charge in [-0.1, -0.05) is 268 Å². The van der Waals surface area contributed by atoms with Crippen molar-refractivity contribution < 1.29 is 28.9 Å². The summed E-state index contributed by atoms with van der Waals surface area (Å²) >= 11 is 0. The molecular formula is C87H162N2O6. The Morgan fingerprint density at radius 1 is 0.505 bits per heavy atom. The summed E-state index contributed by atoms with van der Waals surface area (Å²) in [6.07, 6.45) is 23.4. The first-order valence-corrected chi connectivity index (χ1v) is 37.3. The summed E-state index contributed by atoms with van der Waals surface area (Å²) < 4.78 is 15.8. The van der Waals surface area contributed by atoms with Gasteiger partial charge in [-0.3, -0.25) is 9.59 Å². The number of nitrogens with one attached hydrogen (secondary N) is 1. The molecule has 0 heterocycles. The number of nitrogens with zero attached hydrogens (tertiary/aromatic N) is 1. The van der Waals surface area contributed by atoms with E-state index < -0.39 is 5.60 Å². The Hall–Kier alpha value is -4.03. The number of rotatable bonds is 22. The summed E-state index contributed by atoms with van der Waals surface area (Å²) in [6, 6.07) is 33.8. The van der Waals surface area contributed by atoms with Crippen LogP contribution in [0.5, 0.6) is 0 Å². The topological polar surface area (TPSA) is 118 Å². The van der Waals surface area contributed by atoms with Gasteiger partial charge < -0.3 is 24.6 Å². The predicted octanol–water partition coefficient (Wildman–Crippen LogP) is 26.4. The molecule has 2 saturated carbocycles. The van der Waals surface area contributed by atoms with Crippen LogP contribution in [0.25, 0.3) is 0 Å². The van der Waals surface area contributed by atoms with E-state index in [1.54, 1.807) is 21.0 Å². The average molecular weight is 1330 g/mol. The minimum absolute atomic E-state index is 0.00413. The van der Waals surface area contributed by atoms with Crippen LogP contribution in [0.4, 0.5) is 0 Å². The number of carbonyl (C=O) groups is 2. The molecule has 2 N–H and O–H groups in total. The largest absolute Gasteiger partial charge is 0.460 e. The third-order valence-corrected chi connectivity index (χ3v) is 19.6. The van der Waals surface area contributed by atoms with Gasteiger partial charge in [0.25, 0.3) is 0 Å². The highest BCUT2D eigenvalue weighted by Gasteiger charge is 2.34. The molecule has 2 fully saturated rings. The number of methoxy groups -OCH3 is 1. The van der Waals surface area contributed by atoms with Gasteiger partial charge in [0.1, 0.15) is 5.60 Å².